The van der Waals surface area contributed by atoms with Gasteiger partial charge in [-0.3, -0.25) is 9.82 Å². The van der Waals surface area contributed by atoms with Crippen LogP contribution in [0.25, 0.3) is 22.2 Å². The minimum atomic E-state index is -4.14. The molecule has 1 heterocycles. The molecule has 1 aromatic heterocycles. The second-order valence-electron chi connectivity index (χ2n) is 6.67. The molecule has 0 saturated heterocycles. The first-order valence-electron chi connectivity index (χ1n) is 8.71. The highest BCUT2D eigenvalue weighted by molar-refractivity contribution is 7.95. The Hall–Kier alpha value is -2.88. The van der Waals surface area contributed by atoms with Crippen molar-refractivity contribution in [2.75, 3.05) is 11.0 Å². The molecule has 154 valence electrons. The number of aromatic nitrogens is 2. The van der Waals surface area contributed by atoms with Crippen molar-refractivity contribution in [1.82, 2.24) is 10.2 Å². The third-order valence-electron chi connectivity index (χ3n) is 4.45. The number of rotatable bonds is 5. The number of halogens is 1. The maximum Gasteiger partial charge on any atom is 0.263 e. The number of H-pyrrole nitrogens is 1. The SMILES string of the molecule is CS(=O)(=O)c1ccccc1S(=O)(=O)Nc1ccc2[nH]nc(-c3cccc(Cl)c3)c2c1. The van der Waals surface area contributed by atoms with Crippen molar-refractivity contribution >= 4 is 48.1 Å². The fourth-order valence-corrected chi connectivity index (χ4v) is 5.99. The van der Waals surface area contributed by atoms with Gasteiger partial charge in [0.2, 0.25) is 0 Å². The van der Waals surface area contributed by atoms with E-state index in [4.69, 9.17) is 11.6 Å². The second kappa shape index (κ2) is 7.42. The van der Waals surface area contributed by atoms with Gasteiger partial charge in [0.1, 0.15) is 10.6 Å². The van der Waals surface area contributed by atoms with Crippen LogP contribution in [0.4, 0.5) is 5.69 Å². The summed E-state index contributed by atoms with van der Waals surface area (Å²) in [5, 5.41) is 8.46. The molecule has 2 N–H and O–H groups in total. The van der Waals surface area contributed by atoms with Crippen LogP contribution in [-0.2, 0) is 19.9 Å². The zero-order chi connectivity index (χ0) is 21.5. The van der Waals surface area contributed by atoms with E-state index < -0.39 is 19.9 Å². The topological polar surface area (TPSA) is 109 Å². The van der Waals surface area contributed by atoms with E-state index in [1.165, 1.54) is 24.3 Å². The van der Waals surface area contributed by atoms with Gasteiger partial charge in [0.05, 0.1) is 10.4 Å². The Morgan fingerprint density at radius 1 is 0.900 bits per heavy atom. The summed E-state index contributed by atoms with van der Waals surface area (Å²) in [6, 6.07) is 17.5. The maximum absolute atomic E-state index is 12.9. The van der Waals surface area contributed by atoms with Crippen LogP contribution in [0.15, 0.2) is 76.5 Å². The normalized spacial score (nSPS) is 12.2. The smallest absolute Gasteiger partial charge is 0.263 e. The zero-order valence-corrected chi connectivity index (χ0v) is 18.0. The molecule has 4 rings (SSSR count). The summed E-state index contributed by atoms with van der Waals surface area (Å²) < 4.78 is 52.3. The van der Waals surface area contributed by atoms with Crippen LogP contribution in [0.1, 0.15) is 0 Å². The van der Waals surface area contributed by atoms with Gasteiger partial charge in [-0.1, -0.05) is 35.9 Å². The highest BCUT2D eigenvalue weighted by atomic mass is 35.5. The zero-order valence-electron chi connectivity index (χ0n) is 15.6. The number of fused-ring (bicyclic) bond motifs is 1. The summed E-state index contributed by atoms with van der Waals surface area (Å²) in [6.45, 7) is 0. The Morgan fingerprint density at radius 3 is 2.33 bits per heavy atom. The summed E-state index contributed by atoms with van der Waals surface area (Å²) in [4.78, 5) is -0.573. The van der Waals surface area contributed by atoms with E-state index in [9.17, 15) is 16.8 Å². The Balaban J connectivity index is 1.78. The number of hydrogen-bond acceptors (Lipinski definition) is 5. The molecule has 0 unspecified atom stereocenters. The molecule has 30 heavy (non-hydrogen) atoms. The summed E-state index contributed by atoms with van der Waals surface area (Å²) >= 11 is 6.07. The van der Waals surface area contributed by atoms with E-state index >= 15 is 0 Å². The first-order chi connectivity index (χ1) is 14.1. The molecule has 10 heteroatoms. The van der Waals surface area contributed by atoms with Crippen molar-refractivity contribution in [3.8, 4) is 11.3 Å². The van der Waals surface area contributed by atoms with Crippen LogP contribution in [0.5, 0.6) is 0 Å². The number of sulfone groups is 1. The van der Waals surface area contributed by atoms with Crippen LogP contribution in [0.2, 0.25) is 5.02 Å². The van der Waals surface area contributed by atoms with Gasteiger partial charge in [-0.2, -0.15) is 5.10 Å². The quantitative estimate of drug-likeness (QED) is 0.465. The Labute approximate surface area is 178 Å². The lowest BCUT2D eigenvalue weighted by molar-refractivity contribution is 0.588. The first kappa shape index (κ1) is 20.4. The van der Waals surface area contributed by atoms with E-state index in [2.05, 4.69) is 14.9 Å². The molecule has 0 bridgehead atoms. The van der Waals surface area contributed by atoms with Crippen molar-refractivity contribution in [3.63, 3.8) is 0 Å². The average molecular weight is 462 g/mol. The molecular weight excluding hydrogens is 446 g/mol. The highest BCUT2D eigenvalue weighted by Gasteiger charge is 2.24. The van der Waals surface area contributed by atoms with Crippen LogP contribution >= 0.6 is 11.6 Å². The van der Waals surface area contributed by atoms with Crippen LogP contribution in [-0.4, -0.2) is 33.3 Å². The highest BCUT2D eigenvalue weighted by Crippen LogP contribution is 2.31. The predicted octanol–water partition coefficient (Wildman–Crippen LogP) is 4.09. The molecule has 0 fully saturated rings. The van der Waals surface area contributed by atoms with Gasteiger partial charge in [0.15, 0.2) is 9.84 Å². The Morgan fingerprint density at radius 2 is 1.63 bits per heavy atom. The van der Waals surface area contributed by atoms with Gasteiger partial charge >= 0.3 is 0 Å². The fourth-order valence-electron chi connectivity index (χ4n) is 3.12. The molecule has 3 aromatic carbocycles. The van der Waals surface area contributed by atoms with Crippen LogP contribution < -0.4 is 4.72 Å². The number of sulfonamides is 1. The van der Waals surface area contributed by atoms with Gasteiger partial charge in [-0.05, 0) is 42.5 Å². The molecular formula is C20H16ClN3O4S2. The summed E-state index contributed by atoms with van der Waals surface area (Å²) in [5.74, 6) is 0. The lowest BCUT2D eigenvalue weighted by atomic mass is 10.1. The monoisotopic (exact) mass is 461 g/mol. The van der Waals surface area contributed by atoms with Crippen molar-refractivity contribution in [2.24, 2.45) is 0 Å². The first-order valence-corrected chi connectivity index (χ1v) is 12.5. The average Bonchev–Trinajstić information content (AvgIpc) is 3.10. The largest absolute Gasteiger partial charge is 0.280 e. The standard InChI is InChI=1S/C20H16ClN3O4S2/c1-29(25,26)18-7-2-3-8-19(18)30(27,28)24-15-9-10-17-16(12-15)20(23-22-17)13-5-4-6-14(21)11-13/h2-12,24H,1H3,(H,22,23). The molecule has 0 atom stereocenters. The molecule has 0 aliphatic rings. The maximum atomic E-state index is 12.9. The molecule has 0 amide bonds. The third kappa shape index (κ3) is 3.91. The minimum Gasteiger partial charge on any atom is -0.280 e. The number of anilines is 1. The van der Waals surface area contributed by atoms with E-state index in [1.54, 1.807) is 36.4 Å². The molecule has 0 spiro atoms. The van der Waals surface area contributed by atoms with Gasteiger partial charge in [0, 0.05) is 27.9 Å². The van der Waals surface area contributed by atoms with Gasteiger partial charge < -0.3 is 0 Å². The number of nitrogens with zero attached hydrogens (tertiary/aromatic N) is 1. The van der Waals surface area contributed by atoms with Crippen molar-refractivity contribution < 1.29 is 16.8 Å². The molecule has 4 aromatic rings. The van der Waals surface area contributed by atoms with E-state index in [0.29, 0.717) is 21.6 Å². The van der Waals surface area contributed by atoms with Gasteiger partial charge in [-0.25, -0.2) is 16.8 Å². The fraction of sp³-hybridized carbons (Fsp3) is 0.0500. The van der Waals surface area contributed by atoms with Crippen LogP contribution in [0, 0.1) is 0 Å². The molecule has 0 saturated carbocycles. The number of aromatic amines is 1. The number of nitrogens with one attached hydrogen (secondary N) is 2. The third-order valence-corrected chi connectivity index (χ3v) is 7.41. The molecule has 7 nitrogen and oxygen atoms in total. The number of benzene rings is 3. The van der Waals surface area contributed by atoms with Crippen molar-refractivity contribution in [3.05, 3.63) is 71.8 Å². The Bertz CT molecular complexity index is 1480. The molecule has 0 aliphatic heterocycles. The van der Waals surface area contributed by atoms with E-state index in [-0.39, 0.29) is 15.5 Å². The Kier molecular flexibility index (Phi) is 5.05. The predicted molar refractivity (Wildman–Crippen MR) is 117 cm³/mol. The summed E-state index contributed by atoms with van der Waals surface area (Å²) in [5.41, 5.74) is 2.38. The van der Waals surface area contributed by atoms with Gasteiger partial charge in [-0.15, -0.1) is 0 Å². The second-order valence-corrected chi connectivity index (χ2v) is 10.7. The summed E-state index contributed by atoms with van der Waals surface area (Å²) in [6.07, 6.45) is 0.968. The van der Waals surface area contributed by atoms with Crippen LogP contribution in [0.3, 0.4) is 0 Å². The molecule has 0 aliphatic carbocycles. The molecule has 0 radical (unpaired) electrons. The minimum absolute atomic E-state index is 0.262. The van der Waals surface area contributed by atoms with Gasteiger partial charge in [0.25, 0.3) is 10.0 Å². The lowest BCUT2D eigenvalue weighted by Crippen LogP contribution is -2.16. The van der Waals surface area contributed by atoms with Crippen molar-refractivity contribution in [2.45, 2.75) is 9.79 Å². The van der Waals surface area contributed by atoms with E-state index in [1.807, 2.05) is 6.07 Å². The van der Waals surface area contributed by atoms with E-state index in [0.717, 1.165) is 11.8 Å². The summed E-state index contributed by atoms with van der Waals surface area (Å²) in [7, 11) is -7.87. The lowest BCUT2D eigenvalue weighted by Gasteiger charge is -2.11. The number of hydrogen-bond donors (Lipinski definition) is 2. The van der Waals surface area contributed by atoms with Crippen molar-refractivity contribution in [1.29, 1.82) is 0 Å².